The Kier molecular flexibility index (Phi) is 4.93. The highest BCUT2D eigenvalue weighted by atomic mass is 32.1. The van der Waals surface area contributed by atoms with Crippen LogP contribution in [0.4, 0.5) is 10.5 Å². The molecule has 1 aromatic heterocycles. The molecule has 1 N–H and O–H groups in total. The fraction of sp³-hybridized carbons (Fsp3) is 0.400. The third kappa shape index (κ3) is 3.33. The Balaban J connectivity index is 1.38. The second kappa shape index (κ2) is 7.50. The maximum atomic E-state index is 12.7. The van der Waals surface area contributed by atoms with Crippen molar-refractivity contribution in [3.63, 3.8) is 0 Å². The minimum Gasteiger partial charge on any atom is -0.329 e. The fourth-order valence-corrected chi connectivity index (χ4v) is 4.67. The summed E-state index contributed by atoms with van der Waals surface area (Å²) in [5.74, 6) is -0.0446. The van der Waals surface area contributed by atoms with Gasteiger partial charge in [0, 0.05) is 18.8 Å². The van der Waals surface area contributed by atoms with Crippen LogP contribution in [0.1, 0.15) is 36.4 Å². The standard InChI is InChI=1S/C20H23N3O2S/c24-19(22-10-3-6-15-5-1-2-7-17(15)22)13-21-20(25)23-11-4-8-18(23)16-9-12-26-14-16/h1-2,5,7,9,12,14,18H,3-4,6,8,10-11,13H2,(H,21,25). The topological polar surface area (TPSA) is 52.7 Å². The Hall–Kier alpha value is -2.34. The molecule has 2 aliphatic rings. The predicted molar refractivity (Wildman–Crippen MR) is 104 cm³/mol. The minimum atomic E-state index is -0.141. The number of likely N-dealkylation sites (tertiary alicyclic amines) is 1. The first kappa shape index (κ1) is 17.1. The molecule has 26 heavy (non-hydrogen) atoms. The van der Waals surface area contributed by atoms with Crippen molar-refractivity contribution in [2.75, 3.05) is 24.5 Å². The summed E-state index contributed by atoms with van der Waals surface area (Å²) in [6, 6.07) is 10.1. The normalized spacial score (nSPS) is 19.3. The number of para-hydroxylation sites is 1. The van der Waals surface area contributed by atoms with Crippen LogP contribution in [0, 0.1) is 0 Å². The van der Waals surface area contributed by atoms with Gasteiger partial charge < -0.3 is 15.1 Å². The molecule has 5 nitrogen and oxygen atoms in total. The number of fused-ring (bicyclic) bond motifs is 1. The van der Waals surface area contributed by atoms with E-state index in [1.807, 2.05) is 28.5 Å². The average Bonchev–Trinajstić information content (AvgIpc) is 3.36. The van der Waals surface area contributed by atoms with Crippen molar-refractivity contribution in [3.05, 3.63) is 52.2 Å². The van der Waals surface area contributed by atoms with Gasteiger partial charge in [0.05, 0.1) is 12.6 Å². The van der Waals surface area contributed by atoms with Crippen LogP contribution in [0.5, 0.6) is 0 Å². The zero-order chi connectivity index (χ0) is 17.9. The minimum absolute atomic E-state index is 0.0417. The number of carbonyl (C=O) groups excluding carboxylic acids is 2. The van der Waals surface area contributed by atoms with E-state index in [1.165, 1.54) is 11.1 Å². The van der Waals surface area contributed by atoms with Crippen LogP contribution in [0.3, 0.4) is 0 Å². The second-order valence-electron chi connectivity index (χ2n) is 6.84. The number of nitrogens with one attached hydrogen (secondary N) is 1. The Labute approximate surface area is 157 Å². The van der Waals surface area contributed by atoms with E-state index >= 15 is 0 Å². The number of thiophene rings is 1. The number of carbonyl (C=O) groups is 2. The molecule has 1 fully saturated rings. The van der Waals surface area contributed by atoms with Crippen LogP contribution in [-0.4, -0.2) is 36.5 Å². The summed E-state index contributed by atoms with van der Waals surface area (Å²) in [5, 5.41) is 6.99. The SMILES string of the molecule is O=C(CNC(=O)N1CCCC1c1ccsc1)N1CCCc2ccccc21. The Morgan fingerprint density at radius 1 is 1.15 bits per heavy atom. The highest BCUT2D eigenvalue weighted by Gasteiger charge is 2.31. The summed E-state index contributed by atoms with van der Waals surface area (Å²) >= 11 is 1.65. The number of nitrogens with zero attached hydrogens (tertiary/aromatic N) is 2. The number of hydrogen-bond acceptors (Lipinski definition) is 3. The van der Waals surface area contributed by atoms with E-state index in [4.69, 9.17) is 0 Å². The quantitative estimate of drug-likeness (QED) is 0.899. The van der Waals surface area contributed by atoms with Crippen LogP contribution in [0.15, 0.2) is 41.1 Å². The molecule has 3 heterocycles. The van der Waals surface area contributed by atoms with Crippen molar-refractivity contribution >= 4 is 29.0 Å². The lowest BCUT2D eigenvalue weighted by molar-refractivity contribution is -0.117. The van der Waals surface area contributed by atoms with E-state index in [0.717, 1.165) is 37.9 Å². The summed E-state index contributed by atoms with van der Waals surface area (Å²) < 4.78 is 0. The molecule has 4 rings (SSSR count). The number of hydrogen-bond donors (Lipinski definition) is 1. The zero-order valence-corrected chi connectivity index (χ0v) is 15.5. The fourth-order valence-electron chi connectivity index (χ4n) is 3.96. The molecule has 1 atom stereocenters. The summed E-state index contributed by atoms with van der Waals surface area (Å²) in [6.07, 6.45) is 3.95. The van der Waals surface area contributed by atoms with E-state index in [0.29, 0.717) is 6.54 Å². The van der Waals surface area contributed by atoms with Gasteiger partial charge in [0.1, 0.15) is 0 Å². The van der Waals surface area contributed by atoms with Crippen molar-refractivity contribution in [3.8, 4) is 0 Å². The smallest absolute Gasteiger partial charge is 0.318 e. The third-order valence-electron chi connectivity index (χ3n) is 5.24. The molecule has 2 aromatic rings. The van der Waals surface area contributed by atoms with Crippen LogP contribution in [0.25, 0.3) is 0 Å². The molecule has 3 amide bonds. The second-order valence-corrected chi connectivity index (χ2v) is 7.62. The first-order valence-electron chi connectivity index (χ1n) is 9.19. The van der Waals surface area contributed by atoms with Gasteiger partial charge in [0.2, 0.25) is 5.91 Å². The molecule has 2 aliphatic heterocycles. The number of aryl methyl sites for hydroxylation is 1. The number of rotatable bonds is 3. The molecule has 0 aliphatic carbocycles. The number of benzene rings is 1. The molecule has 0 radical (unpaired) electrons. The predicted octanol–water partition coefficient (Wildman–Crippen LogP) is 3.57. The van der Waals surface area contributed by atoms with Gasteiger partial charge in [-0.2, -0.15) is 11.3 Å². The van der Waals surface area contributed by atoms with Gasteiger partial charge in [-0.15, -0.1) is 0 Å². The molecule has 0 saturated carbocycles. The monoisotopic (exact) mass is 369 g/mol. The first-order chi connectivity index (χ1) is 12.7. The molecular weight excluding hydrogens is 346 g/mol. The highest BCUT2D eigenvalue weighted by Crippen LogP contribution is 2.33. The maximum absolute atomic E-state index is 12.7. The van der Waals surface area contributed by atoms with Crippen molar-refractivity contribution in [1.82, 2.24) is 10.2 Å². The largest absolute Gasteiger partial charge is 0.329 e. The van der Waals surface area contributed by atoms with Crippen LogP contribution in [-0.2, 0) is 11.2 Å². The Bertz CT molecular complexity index is 790. The van der Waals surface area contributed by atoms with Crippen molar-refractivity contribution in [1.29, 1.82) is 0 Å². The molecule has 136 valence electrons. The van der Waals surface area contributed by atoms with E-state index in [-0.39, 0.29) is 24.5 Å². The maximum Gasteiger partial charge on any atom is 0.318 e. The lowest BCUT2D eigenvalue weighted by atomic mass is 10.0. The number of anilines is 1. The van der Waals surface area contributed by atoms with Gasteiger partial charge in [-0.3, -0.25) is 4.79 Å². The Morgan fingerprint density at radius 3 is 2.88 bits per heavy atom. The van der Waals surface area contributed by atoms with E-state index in [1.54, 1.807) is 16.2 Å². The van der Waals surface area contributed by atoms with E-state index in [9.17, 15) is 9.59 Å². The van der Waals surface area contributed by atoms with Crippen LogP contribution < -0.4 is 10.2 Å². The van der Waals surface area contributed by atoms with Crippen molar-refractivity contribution in [2.24, 2.45) is 0 Å². The molecular formula is C20H23N3O2S. The molecule has 0 bridgehead atoms. The lowest BCUT2D eigenvalue weighted by Gasteiger charge is -2.30. The highest BCUT2D eigenvalue weighted by molar-refractivity contribution is 7.08. The average molecular weight is 369 g/mol. The summed E-state index contributed by atoms with van der Waals surface area (Å²) in [5.41, 5.74) is 3.38. The van der Waals surface area contributed by atoms with Gasteiger partial charge in [-0.1, -0.05) is 18.2 Å². The third-order valence-corrected chi connectivity index (χ3v) is 5.95. The van der Waals surface area contributed by atoms with Crippen LogP contribution in [0.2, 0.25) is 0 Å². The van der Waals surface area contributed by atoms with E-state index < -0.39 is 0 Å². The molecule has 0 spiro atoms. The summed E-state index contributed by atoms with van der Waals surface area (Å²) in [6.45, 7) is 1.50. The molecule has 1 aromatic carbocycles. The molecule has 1 saturated heterocycles. The molecule has 6 heteroatoms. The van der Waals surface area contributed by atoms with E-state index in [2.05, 4.69) is 22.8 Å². The summed E-state index contributed by atoms with van der Waals surface area (Å²) in [7, 11) is 0. The van der Waals surface area contributed by atoms with Gasteiger partial charge in [0.25, 0.3) is 0 Å². The first-order valence-corrected chi connectivity index (χ1v) is 10.1. The van der Waals surface area contributed by atoms with Crippen LogP contribution >= 0.6 is 11.3 Å². The van der Waals surface area contributed by atoms with Gasteiger partial charge in [-0.25, -0.2) is 4.79 Å². The zero-order valence-electron chi connectivity index (χ0n) is 14.7. The van der Waals surface area contributed by atoms with Gasteiger partial charge in [0.15, 0.2) is 0 Å². The summed E-state index contributed by atoms with van der Waals surface area (Å²) in [4.78, 5) is 29.0. The van der Waals surface area contributed by atoms with Gasteiger partial charge >= 0.3 is 6.03 Å². The van der Waals surface area contributed by atoms with Gasteiger partial charge in [-0.05, 0) is 59.7 Å². The number of urea groups is 1. The number of amides is 3. The lowest BCUT2D eigenvalue weighted by Crippen LogP contribution is -2.46. The van der Waals surface area contributed by atoms with Crippen molar-refractivity contribution in [2.45, 2.75) is 31.7 Å². The van der Waals surface area contributed by atoms with Crippen molar-refractivity contribution < 1.29 is 9.59 Å². The molecule has 1 unspecified atom stereocenters. The Morgan fingerprint density at radius 2 is 2.04 bits per heavy atom.